The van der Waals surface area contributed by atoms with Crippen LogP contribution in [0.25, 0.3) is 0 Å². The van der Waals surface area contributed by atoms with Crippen LogP contribution >= 0.6 is 11.6 Å². The average Bonchev–Trinajstić information content (AvgIpc) is 2.34. The Balaban J connectivity index is 2.53. The van der Waals surface area contributed by atoms with E-state index in [1.807, 2.05) is 0 Å². The molecular weight excluding hydrogens is 258 g/mol. The van der Waals surface area contributed by atoms with Crippen LogP contribution in [0, 0.1) is 0 Å². The molecule has 0 bridgehead atoms. The lowest BCUT2D eigenvalue weighted by Gasteiger charge is -2.07. The van der Waals surface area contributed by atoms with Crippen LogP contribution in [0.1, 0.15) is 0 Å². The second-order valence-corrected chi connectivity index (χ2v) is 3.85. The molecule has 0 spiro atoms. The van der Waals surface area contributed by atoms with Crippen LogP contribution in [0.3, 0.4) is 0 Å². The normalized spacial score (nSPS) is 9.89. The summed E-state index contributed by atoms with van der Waals surface area (Å²) in [7, 11) is 1.50. The summed E-state index contributed by atoms with van der Waals surface area (Å²) in [6, 6.07) is 4.57. The summed E-state index contributed by atoms with van der Waals surface area (Å²) in [5.74, 6) is -1.51. The number of benzene rings is 1. The molecule has 0 aromatic heterocycles. The molecule has 2 amide bonds. The van der Waals surface area contributed by atoms with Gasteiger partial charge in [-0.3, -0.25) is 9.59 Å². The molecule has 0 radical (unpaired) electrons. The molecule has 0 aliphatic carbocycles. The molecule has 0 unspecified atom stereocenters. The van der Waals surface area contributed by atoms with Gasteiger partial charge < -0.3 is 21.1 Å². The number of hydrogen-bond acceptors (Lipinski definition) is 4. The van der Waals surface area contributed by atoms with Crippen molar-refractivity contribution < 1.29 is 14.3 Å². The fraction of sp³-hybridized carbons (Fsp3) is 0.273. The molecule has 1 aromatic rings. The smallest absolute Gasteiger partial charge is 0.313 e. The molecule has 98 valence electrons. The minimum absolute atomic E-state index is 0.269. The molecule has 6 nitrogen and oxygen atoms in total. The van der Waals surface area contributed by atoms with Gasteiger partial charge in [0.15, 0.2) is 0 Å². The first-order valence-electron chi connectivity index (χ1n) is 5.17. The Labute approximate surface area is 109 Å². The van der Waals surface area contributed by atoms with Crippen molar-refractivity contribution in [3.8, 4) is 0 Å². The SMILES string of the molecule is COCCNC(=O)C(=O)Nc1ccc(N)c(Cl)c1. The van der Waals surface area contributed by atoms with Crippen molar-refractivity contribution in [1.82, 2.24) is 5.32 Å². The van der Waals surface area contributed by atoms with Gasteiger partial charge in [0.25, 0.3) is 0 Å². The number of methoxy groups -OCH3 is 1. The first-order valence-corrected chi connectivity index (χ1v) is 5.55. The first-order chi connectivity index (χ1) is 8.54. The Bertz CT molecular complexity index is 451. The molecule has 0 saturated heterocycles. The molecule has 1 aromatic carbocycles. The lowest BCUT2D eigenvalue weighted by Crippen LogP contribution is -2.37. The number of anilines is 2. The molecule has 0 aliphatic heterocycles. The second-order valence-electron chi connectivity index (χ2n) is 3.44. The number of halogens is 1. The fourth-order valence-corrected chi connectivity index (χ4v) is 1.32. The lowest BCUT2D eigenvalue weighted by atomic mass is 10.3. The number of nitrogen functional groups attached to an aromatic ring is 1. The van der Waals surface area contributed by atoms with E-state index in [9.17, 15) is 9.59 Å². The molecular formula is C11H14ClN3O3. The monoisotopic (exact) mass is 271 g/mol. The molecule has 7 heteroatoms. The highest BCUT2D eigenvalue weighted by Gasteiger charge is 2.13. The van der Waals surface area contributed by atoms with Gasteiger partial charge in [0.2, 0.25) is 0 Å². The van der Waals surface area contributed by atoms with Gasteiger partial charge in [-0.25, -0.2) is 0 Å². The number of carbonyl (C=O) groups is 2. The molecule has 0 fully saturated rings. The number of amides is 2. The highest BCUT2D eigenvalue weighted by Crippen LogP contribution is 2.22. The summed E-state index contributed by atoms with van der Waals surface area (Å²) in [4.78, 5) is 22.8. The highest BCUT2D eigenvalue weighted by molar-refractivity contribution is 6.40. The Hall–Kier alpha value is -1.79. The first kappa shape index (κ1) is 14.3. The van der Waals surface area contributed by atoms with Crippen LogP contribution in [0.5, 0.6) is 0 Å². The third kappa shape index (κ3) is 4.23. The van der Waals surface area contributed by atoms with Gasteiger partial charge in [0, 0.05) is 19.3 Å². The van der Waals surface area contributed by atoms with E-state index < -0.39 is 11.8 Å². The highest BCUT2D eigenvalue weighted by atomic mass is 35.5. The zero-order valence-electron chi connectivity index (χ0n) is 9.83. The van der Waals surface area contributed by atoms with Crippen LogP contribution in [0.15, 0.2) is 18.2 Å². The third-order valence-corrected chi connectivity index (χ3v) is 2.38. The van der Waals surface area contributed by atoms with Gasteiger partial charge in [-0.05, 0) is 18.2 Å². The minimum atomic E-state index is -0.771. The van der Waals surface area contributed by atoms with Crippen molar-refractivity contribution in [3.63, 3.8) is 0 Å². The van der Waals surface area contributed by atoms with Crippen molar-refractivity contribution in [2.45, 2.75) is 0 Å². The van der Waals surface area contributed by atoms with Crippen LogP contribution in [-0.4, -0.2) is 32.1 Å². The predicted octanol–water partition coefficient (Wildman–Crippen LogP) is 0.623. The van der Waals surface area contributed by atoms with Gasteiger partial charge in [-0.2, -0.15) is 0 Å². The predicted molar refractivity (Wildman–Crippen MR) is 69.4 cm³/mol. The molecule has 0 saturated carbocycles. The van der Waals surface area contributed by atoms with Crippen LogP contribution < -0.4 is 16.4 Å². The van der Waals surface area contributed by atoms with Crippen LogP contribution in [0.2, 0.25) is 5.02 Å². The minimum Gasteiger partial charge on any atom is -0.398 e. The fourth-order valence-electron chi connectivity index (χ4n) is 1.14. The Morgan fingerprint density at radius 3 is 2.72 bits per heavy atom. The molecule has 1 rings (SSSR count). The number of nitrogens with two attached hydrogens (primary N) is 1. The summed E-state index contributed by atoms with van der Waals surface area (Å²) >= 11 is 5.79. The van der Waals surface area contributed by atoms with E-state index in [0.29, 0.717) is 23.0 Å². The van der Waals surface area contributed by atoms with E-state index in [-0.39, 0.29) is 6.54 Å². The largest absolute Gasteiger partial charge is 0.398 e. The summed E-state index contributed by atoms with van der Waals surface area (Å²) in [5, 5.41) is 5.11. The van der Waals surface area contributed by atoms with Gasteiger partial charge in [-0.1, -0.05) is 11.6 Å². The van der Waals surface area contributed by atoms with E-state index in [1.54, 1.807) is 12.1 Å². The maximum absolute atomic E-state index is 11.5. The average molecular weight is 272 g/mol. The number of rotatable bonds is 4. The maximum Gasteiger partial charge on any atom is 0.313 e. The zero-order chi connectivity index (χ0) is 13.5. The lowest BCUT2D eigenvalue weighted by molar-refractivity contribution is -0.136. The van der Waals surface area contributed by atoms with Crippen LogP contribution in [-0.2, 0) is 14.3 Å². The number of nitrogens with one attached hydrogen (secondary N) is 2. The summed E-state index contributed by atoms with van der Waals surface area (Å²) in [6.45, 7) is 0.609. The van der Waals surface area contributed by atoms with E-state index in [4.69, 9.17) is 22.1 Å². The van der Waals surface area contributed by atoms with E-state index in [0.717, 1.165) is 0 Å². The maximum atomic E-state index is 11.5. The zero-order valence-corrected chi connectivity index (χ0v) is 10.6. The number of carbonyl (C=O) groups excluding carboxylic acids is 2. The Kier molecular flexibility index (Phi) is 5.41. The topological polar surface area (TPSA) is 93.4 Å². The molecule has 0 atom stereocenters. The number of hydrogen-bond donors (Lipinski definition) is 3. The van der Waals surface area contributed by atoms with Crippen molar-refractivity contribution >= 4 is 34.8 Å². The van der Waals surface area contributed by atoms with Crippen LogP contribution in [0.4, 0.5) is 11.4 Å². The van der Waals surface area contributed by atoms with Gasteiger partial charge in [-0.15, -0.1) is 0 Å². The summed E-state index contributed by atoms with van der Waals surface area (Å²) in [5.41, 5.74) is 6.33. The molecule has 4 N–H and O–H groups in total. The third-order valence-electron chi connectivity index (χ3n) is 2.06. The molecule has 0 heterocycles. The molecule has 18 heavy (non-hydrogen) atoms. The second kappa shape index (κ2) is 6.83. The Morgan fingerprint density at radius 1 is 1.39 bits per heavy atom. The van der Waals surface area contributed by atoms with E-state index in [2.05, 4.69) is 10.6 Å². The molecule has 0 aliphatic rings. The van der Waals surface area contributed by atoms with Gasteiger partial charge >= 0.3 is 11.8 Å². The van der Waals surface area contributed by atoms with Crippen molar-refractivity contribution in [2.75, 3.05) is 31.3 Å². The quantitative estimate of drug-likeness (QED) is 0.425. The summed E-state index contributed by atoms with van der Waals surface area (Å²) in [6.07, 6.45) is 0. The van der Waals surface area contributed by atoms with E-state index in [1.165, 1.54) is 13.2 Å². The van der Waals surface area contributed by atoms with Gasteiger partial charge in [0.1, 0.15) is 0 Å². The summed E-state index contributed by atoms with van der Waals surface area (Å²) < 4.78 is 4.74. The van der Waals surface area contributed by atoms with Crippen molar-refractivity contribution in [3.05, 3.63) is 23.2 Å². The van der Waals surface area contributed by atoms with Gasteiger partial charge in [0.05, 0.1) is 17.3 Å². The van der Waals surface area contributed by atoms with Crippen molar-refractivity contribution in [1.29, 1.82) is 0 Å². The standard InChI is InChI=1S/C11H14ClN3O3/c1-18-5-4-14-10(16)11(17)15-7-2-3-9(13)8(12)6-7/h2-3,6H,4-5,13H2,1H3,(H,14,16)(H,15,17). The van der Waals surface area contributed by atoms with E-state index >= 15 is 0 Å². The Morgan fingerprint density at radius 2 is 2.11 bits per heavy atom. The van der Waals surface area contributed by atoms with Crippen molar-refractivity contribution in [2.24, 2.45) is 0 Å². The number of ether oxygens (including phenoxy) is 1.